The molecule has 1 aromatic carbocycles. The molecule has 2 fully saturated rings. The second kappa shape index (κ2) is 13.0. The second-order valence-corrected chi connectivity index (χ2v) is 14.4. The molecule has 0 radical (unpaired) electrons. The van der Waals surface area contributed by atoms with Crippen LogP contribution >= 0.6 is 0 Å². The maximum absolute atomic E-state index is 12.8. The highest BCUT2D eigenvalue weighted by atomic mass is 16.6. The van der Waals surface area contributed by atoms with E-state index < -0.39 is 11.2 Å². The van der Waals surface area contributed by atoms with Crippen molar-refractivity contribution >= 4 is 12.2 Å². The van der Waals surface area contributed by atoms with Crippen LogP contribution in [0.2, 0.25) is 0 Å². The molecule has 5 rings (SSSR count). The number of H-pyrrole nitrogens is 2. The lowest BCUT2D eigenvalue weighted by atomic mass is 10.1. The number of amides is 2. The number of nitrogens with one attached hydrogen (secondary N) is 2. The number of likely N-dealkylation sites (tertiary alicyclic amines) is 2. The summed E-state index contributed by atoms with van der Waals surface area (Å²) >= 11 is 0. The van der Waals surface area contributed by atoms with E-state index in [0.29, 0.717) is 48.0 Å². The van der Waals surface area contributed by atoms with Crippen LogP contribution in [0.4, 0.5) is 9.59 Å². The fraction of sp³-hybridized carbons (Fsp3) is 0.500. The summed E-state index contributed by atoms with van der Waals surface area (Å²) in [6.07, 6.45) is 4.38. The zero-order valence-electron chi connectivity index (χ0n) is 28.0. The molecule has 0 bridgehead atoms. The average Bonchev–Trinajstić information content (AvgIpc) is 3.75. The van der Waals surface area contributed by atoms with Crippen molar-refractivity contribution in [1.82, 2.24) is 29.7 Å². The molecule has 0 saturated carbocycles. The summed E-state index contributed by atoms with van der Waals surface area (Å²) in [4.78, 5) is 44.8. The van der Waals surface area contributed by atoms with E-state index in [4.69, 9.17) is 9.47 Å². The first-order chi connectivity index (χ1) is 21.6. The number of rotatable bonds is 2. The molecule has 10 heteroatoms. The molecule has 0 unspecified atom stereocenters. The molecule has 2 aromatic heterocycles. The summed E-state index contributed by atoms with van der Waals surface area (Å²) in [5.74, 6) is 14.8. The largest absolute Gasteiger partial charge is 0.444 e. The fourth-order valence-corrected chi connectivity index (χ4v) is 5.71. The molecule has 4 atom stereocenters. The van der Waals surface area contributed by atoms with Crippen molar-refractivity contribution in [2.75, 3.05) is 13.1 Å². The number of aromatic amines is 2. The molecule has 2 amide bonds. The molecule has 46 heavy (non-hydrogen) atoms. The van der Waals surface area contributed by atoms with Crippen molar-refractivity contribution in [1.29, 1.82) is 0 Å². The molecule has 2 aliphatic heterocycles. The van der Waals surface area contributed by atoms with Crippen molar-refractivity contribution in [2.45, 2.75) is 91.5 Å². The predicted molar refractivity (Wildman–Crippen MR) is 175 cm³/mol. The topological polar surface area (TPSA) is 116 Å². The monoisotopic (exact) mass is 624 g/mol. The van der Waals surface area contributed by atoms with E-state index in [0.717, 1.165) is 24.0 Å². The third-order valence-electron chi connectivity index (χ3n) is 7.67. The van der Waals surface area contributed by atoms with Crippen molar-refractivity contribution in [3.63, 3.8) is 0 Å². The van der Waals surface area contributed by atoms with E-state index in [1.807, 2.05) is 65.8 Å². The van der Waals surface area contributed by atoms with Crippen LogP contribution in [0, 0.1) is 35.5 Å². The van der Waals surface area contributed by atoms with Gasteiger partial charge in [0.05, 0.1) is 24.5 Å². The zero-order valence-corrected chi connectivity index (χ0v) is 28.0. The SMILES string of the molecule is C[C@H]1C[C@@H](c2ncc(C#Cc3ccc(C#Cc4cnc([C@@H]5C[C@H](C)CN5C(=O)OC(C)(C)C)[nH]4)cc3)[nH]2)N(C(=O)OC(C)(C)C)C1. The lowest BCUT2D eigenvalue weighted by Gasteiger charge is -2.27. The van der Waals surface area contributed by atoms with Gasteiger partial charge in [-0.2, -0.15) is 0 Å². The first kappa shape index (κ1) is 32.7. The number of benzene rings is 1. The van der Waals surface area contributed by atoms with Gasteiger partial charge in [0, 0.05) is 24.2 Å². The van der Waals surface area contributed by atoms with Gasteiger partial charge < -0.3 is 19.4 Å². The van der Waals surface area contributed by atoms with Gasteiger partial charge in [-0.25, -0.2) is 19.6 Å². The summed E-state index contributed by atoms with van der Waals surface area (Å²) in [5, 5.41) is 0. The first-order valence-corrected chi connectivity index (χ1v) is 15.9. The molecular weight excluding hydrogens is 580 g/mol. The van der Waals surface area contributed by atoms with Crippen molar-refractivity contribution in [2.24, 2.45) is 11.8 Å². The van der Waals surface area contributed by atoms with E-state index in [1.165, 1.54) is 0 Å². The van der Waals surface area contributed by atoms with E-state index >= 15 is 0 Å². The van der Waals surface area contributed by atoms with Crippen LogP contribution in [-0.4, -0.2) is 66.2 Å². The number of carbonyl (C=O) groups is 2. The van der Waals surface area contributed by atoms with Gasteiger partial charge >= 0.3 is 12.2 Å². The molecule has 3 aromatic rings. The molecule has 4 heterocycles. The van der Waals surface area contributed by atoms with Crippen LogP contribution in [0.5, 0.6) is 0 Å². The summed E-state index contributed by atoms with van der Waals surface area (Å²) in [5.41, 5.74) is 1.93. The number of aromatic nitrogens is 4. The summed E-state index contributed by atoms with van der Waals surface area (Å²) in [7, 11) is 0. The highest BCUT2D eigenvalue weighted by Crippen LogP contribution is 2.36. The van der Waals surface area contributed by atoms with Gasteiger partial charge in [0.25, 0.3) is 0 Å². The minimum absolute atomic E-state index is 0.171. The van der Waals surface area contributed by atoms with Gasteiger partial charge in [0.2, 0.25) is 0 Å². The van der Waals surface area contributed by atoms with Crippen LogP contribution in [0.15, 0.2) is 36.7 Å². The number of ether oxygens (including phenoxy) is 2. The Hall–Kier alpha value is -4.70. The van der Waals surface area contributed by atoms with Crippen LogP contribution < -0.4 is 0 Å². The summed E-state index contributed by atoms with van der Waals surface area (Å²) in [6.45, 7) is 16.7. The Morgan fingerprint density at radius 1 is 0.696 bits per heavy atom. The number of carbonyl (C=O) groups excluding carboxylic acids is 2. The third-order valence-corrected chi connectivity index (χ3v) is 7.67. The molecule has 0 spiro atoms. The van der Waals surface area contributed by atoms with E-state index in [9.17, 15) is 9.59 Å². The maximum Gasteiger partial charge on any atom is 0.410 e. The van der Waals surface area contributed by atoms with Crippen molar-refractivity contribution in [3.8, 4) is 23.7 Å². The van der Waals surface area contributed by atoms with Crippen LogP contribution in [-0.2, 0) is 9.47 Å². The second-order valence-electron chi connectivity index (χ2n) is 14.4. The van der Waals surface area contributed by atoms with Gasteiger partial charge in [-0.15, -0.1) is 0 Å². The van der Waals surface area contributed by atoms with Crippen LogP contribution in [0.1, 0.15) is 114 Å². The van der Waals surface area contributed by atoms with Gasteiger partial charge in [-0.1, -0.05) is 25.7 Å². The normalized spacial score (nSPS) is 21.3. The molecule has 2 saturated heterocycles. The highest BCUT2D eigenvalue weighted by molar-refractivity contribution is 5.69. The minimum Gasteiger partial charge on any atom is -0.444 e. The Labute approximate surface area is 271 Å². The highest BCUT2D eigenvalue weighted by Gasteiger charge is 2.39. The molecule has 0 aliphatic carbocycles. The molecular formula is C36H44N6O4. The van der Waals surface area contributed by atoms with Crippen LogP contribution in [0.3, 0.4) is 0 Å². The van der Waals surface area contributed by atoms with Crippen LogP contribution in [0.25, 0.3) is 0 Å². The average molecular weight is 625 g/mol. The van der Waals surface area contributed by atoms with Gasteiger partial charge in [-0.05, 0) is 102 Å². The van der Waals surface area contributed by atoms with E-state index in [2.05, 4.69) is 57.5 Å². The van der Waals surface area contributed by atoms with E-state index in [-0.39, 0.29) is 24.3 Å². The first-order valence-electron chi connectivity index (χ1n) is 15.9. The Morgan fingerprint density at radius 2 is 1.07 bits per heavy atom. The Balaban J connectivity index is 1.21. The number of hydrogen-bond donors (Lipinski definition) is 2. The van der Waals surface area contributed by atoms with E-state index in [1.54, 1.807) is 22.2 Å². The number of hydrogen-bond acceptors (Lipinski definition) is 6. The minimum atomic E-state index is -0.557. The maximum atomic E-state index is 12.8. The van der Waals surface area contributed by atoms with Crippen molar-refractivity contribution < 1.29 is 19.1 Å². The lowest BCUT2D eigenvalue weighted by Crippen LogP contribution is -2.37. The number of imidazole rings is 2. The van der Waals surface area contributed by atoms with Crippen molar-refractivity contribution in [3.05, 3.63) is 70.8 Å². The Bertz CT molecular complexity index is 1560. The summed E-state index contributed by atoms with van der Waals surface area (Å²) < 4.78 is 11.2. The lowest BCUT2D eigenvalue weighted by molar-refractivity contribution is 0.0204. The molecule has 10 nitrogen and oxygen atoms in total. The standard InChI is InChI=1S/C36H44N6O4/c1-23-17-29(41(21-23)33(43)45-35(3,4)5)31-37-19-27(39-31)15-13-25-9-11-26(12-10-25)14-16-28-20-38-32(40-28)30-18-24(2)22-42(30)34(44)46-36(6,7)8/h9-12,19-20,23-24,29-30H,17-18,21-22H2,1-8H3,(H,37,39)(H,38,40)/t23-,24-,29-,30-/m0/s1. The smallest absolute Gasteiger partial charge is 0.410 e. The fourth-order valence-electron chi connectivity index (χ4n) is 5.71. The quantitative estimate of drug-likeness (QED) is 0.312. The molecule has 2 aliphatic rings. The van der Waals surface area contributed by atoms with Gasteiger partial charge in [0.1, 0.15) is 34.2 Å². The predicted octanol–water partition coefficient (Wildman–Crippen LogP) is 6.57. The Kier molecular flexibility index (Phi) is 9.21. The number of nitrogens with zero attached hydrogens (tertiary/aromatic N) is 4. The molecule has 2 N–H and O–H groups in total. The van der Waals surface area contributed by atoms with Gasteiger partial charge in [0.15, 0.2) is 0 Å². The molecule has 242 valence electrons. The van der Waals surface area contributed by atoms with Gasteiger partial charge in [-0.3, -0.25) is 9.80 Å². The Morgan fingerprint density at radius 3 is 1.41 bits per heavy atom. The summed E-state index contributed by atoms with van der Waals surface area (Å²) in [6, 6.07) is 7.36. The third kappa shape index (κ3) is 8.31. The zero-order chi connectivity index (χ0) is 33.2.